The predicted molar refractivity (Wildman–Crippen MR) is 123 cm³/mol. The van der Waals surface area contributed by atoms with Crippen LogP contribution >= 0.6 is 0 Å². The molecular formula is C26H39NO2Si. The molecule has 4 aliphatic rings. The molecular weight excluding hydrogens is 386 g/mol. The van der Waals surface area contributed by atoms with Gasteiger partial charge in [-0.3, -0.25) is 4.79 Å². The van der Waals surface area contributed by atoms with Crippen molar-refractivity contribution in [2.45, 2.75) is 109 Å². The van der Waals surface area contributed by atoms with E-state index in [2.05, 4.69) is 46.9 Å². The Morgan fingerprint density at radius 2 is 1.90 bits per heavy atom. The first-order valence-electron chi connectivity index (χ1n) is 12.0. The summed E-state index contributed by atoms with van der Waals surface area (Å²) in [6, 6.07) is 2.54. The molecule has 0 amide bonds. The maximum Gasteiger partial charge on any atom is 0.192 e. The molecule has 0 spiro atoms. The van der Waals surface area contributed by atoms with Crippen molar-refractivity contribution in [3.8, 4) is 6.07 Å². The van der Waals surface area contributed by atoms with E-state index >= 15 is 0 Å². The molecule has 2 fully saturated rings. The van der Waals surface area contributed by atoms with Gasteiger partial charge in [-0.25, -0.2) is 0 Å². The van der Waals surface area contributed by atoms with Crippen LogP contribution < -0.4 is 0 Å². The van der Waals surface area contributed by atoms with Crippen LogP contribution in [0.3, 0.4) is 0 Å². The second-order valence-electron chi connectivity index (χ2n) is 12.0. The van der Waals surface area contributed by atoms with Gasteiger partial charge in [-0.15, -0.1) is 0 Å². The zero-order valence-corrected chi connectivity index (χ0v) is 20.9. The quantitative estimate of drug-likeness (QED) is 0.464. The fourth-order valence-corrected chi connectivity index (χ4v) is 8.58. The Morgan fingerprint density at radius 1 is 1.17 bits per heavy atom. The summed E-state index contributed by atoms with van der Waals surface area (Å²) in [5, 5.41) is 9.99. The Balaban J connectivity index is 1.71. The first-order valence-corrected chi connectivity index (χ1v) is 14.9. The Bertz CT molecular complexity index is 855. The Morgan fingerprint density at radius 3 is 2.57 bits per heavy atom. The van der Waals surface area contributed by atoms with Gasteiger partial charge in [0.05, 0.1) is 18.1 Å². The van der Waals surface area contributed by atoms with E-state index in [0.29, 0.717) is 30.5 Å². The molecule has 4 aliphatic carbocycles. The highest BCUT2D eigenvalue weighted by molar-refractivity contribution is 6.74. The largest absolute Gasteiger partial charge is 0.410 e. The maximum atomic E-state index is 11.9. The van der Waals surface area contributed by atoms with E-state index < -0.39 is 8.32 Å². The van der Waals surface area contributed by atoms with Crippen LogP contribution in [-0.4, -0.2) is 19.7 Å². The second kappa shape index (κ2) is 7.17. The van der Waals surface area contributed by atoms with Gasteiger partial charge in [0, 0.05) is 11.8 Å². The second-order valence-corrected chi connectivity index (χ2v) is 16.8. The minimum absolute atomic E-state index is 0.0681. The van der Waals surface area contributed by atoms with Crippen molar-refractivity contribution in [1.82, 2.24) is 0 Å². The Labute approximate surface area is 184 Å². The first-order chi connectivity index (χ1) is 13.9. The van der Waals surface area contributed by atoms with Crippen LogP contribution in [0, 0.1) is 28.6 Å². The van der Waals surface area contributed by atoms with E-state index in [0.717, 1.165) is 32.1 Å². The highest BCUT2D eigenvalue weighted by atomic mass is 28.4. The van der Waals surface area contributed by atoms with E-state index in [4.69, 9.17) is 4.43 Å². The number of rotatable bonds is 3. The van der Waals surface area contributed by atoms with Gasteiger partial charge >= 0.3 is 0 Å². The van der Waals surface area contributed by atoms with Crippen molar-refractivity contribution in [3.05, 3.63) is 22.8 Å². The topological polar surface area (TPSA) is 50.1 Å². The lowest BCUT2D eigenvalue weighted by Crippen LogP contribution is -2.57. The molecule has 0 N–H and O–H groups in total. The van der Waals surface area contributed by atoms with Gasteiger partial charge in [-0.05, 0) is 92.1 Å². The molecule has 4 rings (SSSR count). The molecule has 0 aromatic heterocycles. The van der Waals surface area contributed by atoms with E-state index in [1.165, 1.54) is 24.0 Å². The monoisotopic (exact) mass is 425 g/mol. The summed E-state index contributed by atoms with van der Waals surface area (Å²) in [7, 11) is -1.99. The third-order valence-corrected chi connectivity index (χ3v) is 14.2. The lowest BCUT2D eigenvalue weighted by atomic mass is 9.54. The van der Waals surface area contributed by atoms with Gasteiger partial charge in [0.1, 0.15) is 0 Å². The van der Waals surface area contributed by atoms with E-state index in [-0.39, 0.29) is 16.1 Å². The van der Waals surface area contributed by atoms with Gasteiger partial charge in [-0.1, -0.05) is 33.3 Å². The molecule has 0 bridgehead atoms. The Kier molecular flexibility index (Phi) is 5.27. The molecule has 2 saturated carbocycles. The van der Waals surface area contributed by atoms with E-state index in [9.17, 15) is 10.1 Å². The molecule has 0 radical (unpaired) electrons. The highest BCUT2D eigenvalue weighted by Crippen LogP contribution is 2.66. The Hall–Kier alpha value is -1.18. The highest BCUT2D eigenvalue weighted by Gasteiger charge is 2.63. The van der Waals surface area contributed by atoms with E-state index in [1.807, 2.05) is 6.08 Å². The van der Waals surface area contributed by atoms with Crippen LogP contribution in [0.1, 0.15) is 85.5 Å². The maximum absolute atomic E-state index is 11.9. The van der Waals surface area contributed by atoms with Crippen molar-refractivity contribution >= 4 is 14.1 Å². The standard InChI is InChI=1S/C26H39NO2Si/c1-24(2,3)30(5,6)29-26(15-16-27)14-12-23-22-9-7-18-17-19(28)8-10-20(18)21(22)11-13-25(23,26)4/h17,22-23H,7-15H2,1-6H3/t22-,23+,25+,26-/m1/s1. The van der Waals surface area contributed by atoms with Crippen LogP contribution in [0.25, 0.3) is 0 Å². The molecule has 30 heavy (non-hydrogen) atoms. The molecule has 4 heteroatoms. The van der Waals surface area contributed by atoms with Crippen LogP contribution in [-0.2, 0) is 9.22 Å². The summed E-state index contributed by atoms with van der Waals surface area (Å²) < 4.78 is 7.21. The van der Waals surface area contributed by atoms with Crippen LogP contribution in [0.15, 0.2) is 22.8 Å². The van der Waals surface area contributed by atoms with Gasteiger partial charge in [-0.2, -0.15) is 5.26 Å². The molecule has 0 aliphatic heterocycles. The van der Waals surface area contributed by atoms with Gasteiger partial charge in [0.25, 0.3) is 0 Å². The van der Waals surface area contributed by atoms with Crippen molar-refractivity contribution in [3.63, 3.8) is 0 Å². The summed E-state index contributed by atoms with van der Waals surface area (Å²) in [6.45, 7) is 14.0. The summed E-state index contributed by atoms with van der Waals surface area (Å²) in [6.07, 6.45) is 10.7. The molecule has 0 heterocycles. The van der Waals surface area contributed by atoms with Gasteiger partial charge < -0.3 is 4.43 Å². The molecule has 0 unspecified atom stereocenters. The molecule has 0 aromatic carbocycles. The number of hydrogen-bond donors (Lipinski definition) is 0. The number of hydrogen-bond acceptors (Lipinski definition) is 3. The average Bonchev–Trinajstić information content (AvgIpc) is 2.92. The average molecular weight is 426 g/mol. The number of ketones is 1. The number of nitrogens with zero attached hydrogens (tertiary/aromatic N) is 1. The fourth-order valence-electron chi connectivity index (χ4n) is 6.89. The molecule has 0 aromatic rings. The summed E-state index contributed by atoms with van der Waals surface area (Å²) in [5.74, 6) is 1.53. The van der Waals surface area contributed by atoms with Crippen LogP contribution in [0.4, 0.5) is 0 Å². The predicted octanol–water partition coefficient (Wildman–Crippen LogP) is 6.87. The molecule has 164 valence electrons. The smallest absolute Gasteiger partial charge is 0.192 e. The third kappa shape index (κ3) is 3.19. The summed E-state index contributed by atoms with van der Waals surface area (Å²) in [5.41, 5.74) is 4.28. The van der Waals surface area contributed by atoms with Crippen molar-refractivity contribution in [2.24, 2.45) is 17.3 Å². The zero-order valence-electron chi connectivity index (χ0n) is 19.9. The summed E-state index contributed by atoms with van der Waals surface area (Å²) >= 11 is 0. The van der Waals surface area contributed by atoms with Crippen molar-refractivity contribution in [1.29, 1.82) is 5.26 Å². The first kappa shape index (κ1) is 22.0. The number of fused-ring (bicyclic) bond motifs is 4. The zero-order chi connectivity index (χ0) is 21.9. The van der Waals surface area contributed by atoms with Gasteiger partial charge in [0.15, 0.2) is 14.1 Å². The van der Waals surface area contributed by atoms with Crippen molar-refractivity contribution < 1.29 is 9.22 Å². The number of nitriles is 1. The number of carbonyl (C=O) groups excluding carboxylic acids is 1. The third-order valence-electron chi connectivity index (χ3n) is 9.64. The lowest BCUT2D eigenvalue weighted by molar-refractivity contribution is -0.114. The van der Waals surface area contributed by atoms with Crippen LogP contribution in [0.5, 0.6) is 0 Å². The lowest BCUT2D eigenvalue weighted by Gasteiger charge is -2.56. The number of allylic oxidation sites excluding steroid dienone is 4. The molecule has 3 nitrogen and oxygen atoms in total. The fraction of sp³-hybridized carbons (Fsp3) is 0.769. The molecule has 0 saturated heterocycles. The van der Waals surface area contributed by atoms with Crippen molar-refractivity contribution in [2.75, 3.05) is 0 Å². The number of carbonyl (C=O) groups is 1. The normalized spacial score (nSPS) is 36.6. The van der Waals surface area contributed by atoms with E-state index in [1.54, 1.807) is 5.57 Å². The minimum Gasteiger partial charge on any atom is -0.410 e. The molecule has 4 atom stereocenters. The minimum atomic E-state index is -1.99. The summed E-state index contributed by atoms with van der Waals surface area (Å²) in [4.78, 5) is 11.9. The van der Waals surface area contributed by atoms with Gasteiger partial charge in [0.2, 0.25) is 0 Å². The SMILES string of the molecule is CC(C)(C)[Si](C)(C)O[C@@]1(CC#N)CC[C@H]2[C@@H]3CCC4=CC(=O)CCC4=C3CC[C@@]21C. The van der Waals surface area contributed by atoms with Crippen LogP contribution in [0.2, 0.25) is 18.1 Å².